The second kappa shape index (κ2) is 9.79. The van der Waals surface area contributed by atoms with Crippen LogP contribution in [0.1, 0.15) is 42.4 Å². The number of hydrogen-bond donors (Lipinski definition) is 0. The molecule has 4 heteroatoms. The molecule has 0 N–H and O–H groups in total. The monoisotopic (exact) mass is 429 g/mol. The lowest BCUT2D eigenvalue weighted by Gasteiger charge is -2.08. The molecule has 0 radical (unpaired) electrons. The van der Waals surface area contributed by atoms with Gasteiger partial charge in [0.2, 0.25) is 0 Å². The van der Waals surface area contributed by atoms with Gasteiger partial charge in [-0.3, -0.25) is 0 Å². The number of nitrogens with zero attached hydrogens (tertiary/aromatic N) is 1. The highest BCUT2D eigenvalue weighted by atomic mass is 32.1. The first kappa shape index (κ1) is 21.1. The third kappa shape index (κ3) is 5.33. The van der Waals surface area contributed by atoms with E-state index < -0.39 is 11.6 Å². The van der Waals surface area contributed by atoms with Crippen molar-refractivity contribution in [1.82, 2.24) is 0 Å². The van der Waals surface area contributed by atoms with Crippen molar-refractivity contribution in [2.45, 2.75) is 32.1 Å². The average molecular weight is 430 g/mol. The minimum Gasteiger partial charge on any atom is -0.206 e. The predicted molar refractivity (Wildman–Crippen MR) is 125 cm³/mol. The van der Waals surface area contributed by atoms with Crippen molar-refractivity contribution >= 4 is 23.1 Å². The minimum absolute atomic E-state index is 0.0966. The molecule has 0 spiro atoms. The highest BCUT2D eigenvalue weighted by molar-refractivity contribution is 7.78. The molecule has 0 unspecified atom stereocenters. The Bertz CT molecular complexity index is 1150. The van der Waals surface area contributed by atoms with E-state index in [-0.39, 0.29) is 11.3 Å². The molecule has 0 bridgehead atoms. The van der Waals surface area contributed by atoms with Crippen LogP contribution in [0.3, 0.4) is 0 Å². The second-order valence-corrected chi connectivity index (χ2v) is 8.05. The van der Waals surface area contributed by atoms with Crippen LogP contribution in [0.5, 0.6) is 0 Å². The van der Waals surface area contributed by atoms with Crippen LogP contribution in [-0.4, -0.2) is 5.16 Å². The third-order valence-electron chi connectivity index (χ3n) is 5.68. The fourth-order valence-corrected chi connectivity index (χ4v) is 4.19. The Labute approximate surface area is 186 Å². The third-order valence-corrected chi connectivity index (χ3v) is 5.77. The van der Waals surface area contributed by atoms with E-state index in [4.69, 9.17) is 0 Å². The molecule has 0 amide bonds. The molecule has 4 rings (SSSR count). The van der Waals surface area contributed by atoms with Crippen LogP contribution in [0.4, 0.5) is 14.5 Å². The van der Waals surface area contributed by atoms with E-state index >= 15 is 0 Å². The quantitative estimate of drug-likeness (QED) is 0.238. The van der Waals surface area contributed by atoms with E-state index in [2.05, 4.69) is 58.5 Å². The zero-order chi connectivity index (χ0) is 21.6. The van der Waals surface area contributed by atoms with Gasteiger partial charge in [0, 0.05) is 23.3 Å². The summed E-state index contributed by atoms with van der Waals surface area (Å²) in [6.45, 7) is 0. The highest BCUT2D eigenvalue weighted by Gasteiger charge is 2.15. The zero-order valence-corrected chi connectivity index (χ0v) is 17.8. The summed E-state index contributed by atoms with van der Waals surface area (Å²) in [4.78, 5) is 3.63. The number of hydrogen-bond acceptors (Lipinski definition) is 2. The SMILES string of the molecule is Fc1cc(N=C=S)cc(F)c1-c1ccc(C#Cc2ccc(CC3CCCC3)cc2)cc1. The molecule has 0 aliphatic heterocycles. The van der Waals surface area contributed by atoms with Gasteiger partial charge in [-0.25, -0.2) is 8.78 Å². The molecule has 154 valence electrons. The largest absolute Gasteiger partial charge is 0.206 e. The molecular weight excluding hydrogens is 408 g/mol. The van der Waals surface area contributed by atoms with Crippen LogP contribution in [0.25, 0.3) is 11.1 Å². The van der Waals surface area contributed by atoms with Gasteiger partial charge in [0.25, 0.3) is 0 Å². The van der Waals surface area contributed by atoms with E-state index in [9.17, 15) is 8.78 Å². The molecule has 1 aliphatic carbocycles. The zero-order valence-electron chi connectivity index (χ0n) is 17.0. The number of halogens is 2. The first-order chi connectivity index (χ1) is 15.1. The Balaban J connectivity index is 1.47. The summed E-state index contributed by atoms with van der Waals surface area (Å²) in [6.07, 6.45) is 6.56. The van der Waals surface area contributed by atoms with Crippen molar-refractivity contribution in [1.29, 1.82) is 0 Å². The summed E-state index contributed by atoms with van der Waals surface area (Å²) in [7, 11) is 0. The smallest absolute Gasteiger partial charge is 0.136 e. The lowest BCUT2D eigenvalue weighted by molar-refractivity contribution is 0.546. The van der Waals surface area contributed by atoms with Crippen molar-refractivity contribution in [3.8, 4) is 23.0 Å². The summed E-state index contributed by atoms with van der Waals surface area (Å²) in [5.74, 6) is 5.71. The Morgan fingerprint density at radius 2 is 1.39 bits per heavy atom. The van der Waals surface area contributed by atoms with Crippen molar-refractivity contribution in [2.24, 2.45) is 10.9 Å². The Kier molecular flexibility index (Phi) is 6.67. The predicted octanol–water partition coefficient (Wildman–Crippen LogP) is 7.50. The lowest BCUT2D eigenvalue weighted by atomic mass is 9.97. The number of benzene rings is 3. The van der Waals surface area contributed by atoms with Gasteiger partial charge in [0.05, 0.1) is 16.4 Å². The van der Waals surface area contributed by atoms with Crippen molar-refractivity contribution < 1.29 is 8.78 Å². The van der Waals surface area contributed by atoms with Crippen molar-refractivity contribution in [3.63, 3.8) is 0 Å². The molecule has 0 heterocycles. The van der Waals surface area contributed by atoms with E-state index in [1.54, 1.807) is 24.3 Å². The fourth-order valence-electron chi connectivity index (χ4n) is 4.09. The normalized spacial score (nSPS) is 13.4. The molecule has 31 heavy (non-hydrogen) atoms. The molecule has 1 saturated carbocycles. The molecular formula is C27H21F2NS. The highest BCUT2D eigenvalue weighted by Crippen LogP contribution is 2.30. The minimum atomic E-state index is -0.694. The molecule has 3 aromatic rings. The van der Waals surface area contributed by atoms with Crippen LogP contribution in [0, 0.1) is 29.4 Å². The summed E-state index contributed by atoms with van der Waals surface area (Å²) in [5.41, 5.74) is 3.54. The molecule has 1 nitrogen and oxygen atoms in total. The fraction of sp³-hybridized carbons (Fsp3) is 0.222. The topological polar surface area (TPSA) is 12.4 Å². The van der Waals surface area contributed by atoms with Gasteiger partial charge in [0.1, 0.15) is 11.6 Å². The molecule has 0 aromatic heterocycles. The number of aliphatic imine (C=N–C) groups is 1. The molecule has 0 atom stereocenters. The molecule has 3 aromatic carbocycles. The van der Waals surface area contributed by atoms with Crippen LogP contribution in [0.2, 0.25) is 0 Å². The first-order valence-electron chi connectivity index (χ1n) is 10.4. The van der Waals surface area contributed by atoms with Crippen LogP contribution in [0.15, 0.2) is 65.7 Å². The standard InChI is InChI=1S/C27H21F2NS/c28-25-16-24(30-18-31)17-26(29)27(25)23-13-11-20(12-14-23)6-5-19-7-9-22(10-8-19)15-21-3-1-2-4-21/h7-14,16-17,21H,1-4,15H2. The summed E-state index contributed by atoms with van der Waals surface area (Å²) < 4.78 is 28.7. The Hall–Kier alpha value is -3.12. The summed E-state index contributed by atoms with van der Waals surface area (Å²) in [6, 6.07) is 17.6. The van der Waals surface area contributed by atoms with E-state index in [1.165, 1.54) is 31.2 Å². The maximum atomic E-state index is 14.4. The molecule has 0 saturated heterocycles. The number of rotatable bonds is 4. The van der Waals surface area contributed by atoms with Crippen LogP contribution >= 0.6 is 12.2 Å². The van der Waals surface area contributed by atoms with Gasteiger partial charge in [-0.2, -0.15) is 4.99 Å². The van der Waals surface area contributed by atoms with Crippen LogP contribution < -0.4 is 0 Å². The number of isothiocyanates is 1. The van der Waals surface area contributed by atoms with Gasteiger partial charge in [-0.1, -0.05) is 61.8 Å². The summed E-state index contributed by atoms with van der Waals surface area (Å²) in [5, 5.41) is 2.11. The van der Waals surface area contributed by atoms with Gasteiger partial charge in [-0.05, 0) is 59.9 Å². The van der Waals surface area contributed by atoms with Gasteiger partial charge < -0.3 is 0 Å². The summed E-state index contributed by atoms with van der Waals surface area (Å²) >= 11 is 4.48. The Morgan fingerprint density at radius 3 is 1.94 bits per heavy atom. The Morgan fingerprint density at radius 1 is 0.839 bits per heavy atom. The second-order valence-electron chi connectivity index (χ2n) is 7.87. The van der Waals surface area contributed by atoms with E-state index in [0.29, 0.717) is 5.56 Å². The van der Waals surface area contributed by atoms with Gasteiger partial charge in [0.15, 0.2) is 0 Å². The average Bonchev–Trinajstić information content (AvgIpc) is 3.27. The van der Waals surface area contributed by atoms with E-state index in [1.807, 2.05) is 0 Å². The van der Waals surface area contributed by atoms with E-state index in [0.717, 1.165) is 35.6 Å². The molecule has 1 aliphatic rings. The first-order valence-corrected chi connectivity index (χ1v) is 10.8. The maximum absolute atomic E-state index is 14.4. The lowest BCUT2D eigenvalue weighted by Crippen LogP contribution is -1.98. The van der Waals surface area contributed by atoms with Gasteiger partial charge in [-0.15, -0.1) is 0 Å². The van der Waals surface area contributed by atoms with Gasteiger partial charge >= 0.3 is 0 Å². The van der Waals surface area contributed by atoms with Crippen LogP contribution in [-0.2, 0) is 6.42 Å². The maximum Gasteiger partial charge on any atom is 0.136 e. The van der Waals surface area contributed by atoms with Crippen molar-refractivity contribution in [2.75, 3.05) is 0 Å². The van der Waals surface area contributed by atoms with Crippen molar-refractivity contribution in [3.05, 3.63) is 89.0 Å². The molecule has 1 fully saturated rings. The number of thiocarbonyl (C=S) groups is 1.